The second-order valence-electron chi connectivity index (χ2n) is 4.94. The summed E-state index contributed by atoms with van der Waals surface area (Å²) in [4.78, 5) is 20.7. The number of carbonyl (C=O) groups excluding carboxylic acids is 1. The van der Waals surface area contributed by atoms with E-state index < -0.39 is 0 Å². The number of anilines is 3. The number of hydrogen-bond acceptors (Lipinski definition) is 6. The Morgan fingerprint density at radius 2 is 2.17 bits per heavy atom. The van der Waals surface area contributed by atoms with Gasteiger partial charge in [0.2, 0.25) is 5.91 Å². The summed E-state index contributed by atoms with van der Waals surface area (Å²) < 4.78 is 5.14. The number of hydrogen-bond donors (Lipinski definition) is 2. The molecule has 0 saturated heterocycles. The molecule has 0 unspecified atom stereocenters. The summed E-state index contributed by atoms with van der Waals surface area (Å²) in [7, 11) is 1.59. The van der Waals surface area contributed by atoms with E-state index in [9.17, 15) is 4.79 Å². The lowest BCUT2D eigenvalue weighted by Crippen LogP contribution is -2.14. The van der Waals surface area contributed by atoms with Crippen LogP contribution >= 0.6 is 11.3 Å². The van der Waals surface area contributed by atoms with Gasteiger partial charge in [-0.05, 0) is 24.3 Å². The van der Waals surface area contributed by atoms with Crippen LogP contribution in [-0.4, -0.2) is 23.0 Å². The first kappa shape index (κ1) is 15.9. The van der Waals surface area contributed by atoms with Crippen molar-refractivity contribution < 1.29 is 9.53 Å². The maximum absolute atomic E-state index is 12.1. The van der Waals surface area contributed by atoms with Crippen molar-refractivity contribution in [3.8, 4) is 5.75 Å². The minimum absolute atomic E-state index is 0.127. The van der Waals surface area contributed by atoms with E-state index >= 15 is 0 Å². The van der Waals surface area contributed by atoms with E-state index in [2.05, 4.69) is 20.6 Å². The van der Waals surface area contributed by atoms with Crippen LogP contribution in [0.2, 0.25) is 0 Å². The number of thiazole rings is 1. The van der Waals surface area contributed by atoms with Crippen LogP contribution in [0.5, 0.6) is 5.75 Å². The van der Waals surface area contributed by atoms with Crippen LogP contribution in [0, 0.1) is 0 Å². The molecule has 0 bridgehead atoms. The van der Waals surface area contributed by atoms with Crippen LogP contribution in [0.1, 0.15) is 5.69 Å². The zero-order valence-electron chi connectivity index (χ0n) is 13.0. The molecule has 0 aliphatic heterocycles. The SMILES string of the molecule is COc1cccc(NC(=O)Cc2csc(Nc3ccccn3)n2)c1. The number of nitrogens with one attached hydrogen (secondary N) is 2. The molecule has 3 rings (SSSR count). The second-order valence-corrected chi connectivity index (χ2v) is 5.80. The standard InChI is InChI=1S/C17H16N4O2S/c1-23-14-6-4-5-12(9-14)19-16(22)10-13-11-24-17(20-13)21-15-7-2-3-8-18-15/h2-9,11H,10H2,1H3,(H,19,22)(H,18,20,21). The molecule has 0 radical (unpaired) electrons. The van der Waals surface area contributed by atoms with Crippen LogP contribution in [0.15, 0.2) is 54.0 Å². The van der Waals surface area contributed by atoms with Crippen LogP contribution in [0.4, 0.5) is 16.6 Å². The molecule has 0 atom stereocenters. The van der Waals surface area contributed by atoms with Gasteiger partial charge in [0.15, 0.2) is 5.13 Å². The molecule has 7 heteroatoms. The van der Waals surface area contributed by atoms with Crippen LogP contribution < -0.4 is 15.4 Å². The quantitative estimate of drug-likeness (QED) is 0.718. The molecule has 2 N–H and O–H groups in total. The fourth-order valence-corrected chi connectivity index (χ4v) is 2.78. The van der Waals surface area contributed by atoms with E-state index in [0.717, 1.165) is 5.82 Å². The summed E-state index contributed by atoms with van der Waals surface area (Å²) in [5.74, 6) is 1.29. The lowest BCUT2D eigenvalue weighted by molar-refractivity contribution is -0.115. The van der Waals surface area contributed by atoms with Gasteiger partial charge in [-0.3, -0.25) is 4.79 Å². The van der Waals surface area contributed by atoms with E-state index in [1.807, 2.05) is 41.8 Å². The third-order valence-corrected chi connectivity index (χ3v) is 3.95. The van der Waals surface area contributed by atoms with Crippen molar-refractivity contribution in [3.05, 3.63) is 59.7 Å². The Balaban J connectivity index is 1.58. The first-order valence-electron chi connectivity index (χ1n) is 7.29. The Kier molecular flexibility index (Phi) is 5.02. The molecule has 0 spiro atoms. The predicted octanol–water partition coefficient (Wildman–Crippen LogP) is 3.47. The third kappa shape index (κ3) is 4.30. The number of nitrogens with zero attached hydrogens (tertiary/aromatic N) is 2. The van der Waals surface area contributed by atoms with Gasteiger partial charge in [0.25, 0.3) is 0 Å². The summed E-state index contributed by atoms with van der Waals surface area (Å²) >= 11 is 1.44. The Hall–Kier alpha value is -2.93. The fourth-order valence-electron chi connectivity index (χ4n) is 2.06. The molecule has 3 aromatic rings. The van der Waals surface area contributed by atoms with Crippen LogP contribution in [0.3, 0.4) is 0 Å². The Morgan fingerprint density at radius 3 is 2.96 bits per heavy atom. The molecule has 1 aromatic carbocycles. The van der Waals surface area contributed by atoms with E-state index in [-0.39, 0.29) is 12.3 Å². The van der Waals surface area contributed by atoms with Crippen LogP contribution in [0.25, 0.3) is 0 Å². The van der Waals surface area contributed by atoms with Gasteiger partial charge in [-0.2, -0.15) is 0 Å². The summed E-state index contributed by atoms with van der Waals surface area (Å²) in [6, 6.07) is 12.8. The lowest BCUT2D eigenvalue weighted by atomic mass is 10.2. The van der Waals surface area contributed by atoms with E-state index in [1.54, 1.807) is 19.4 Å². The normalized spacial score (nSPS) is 10.2. The summed E-state index contributed by atoms with van der Waals surface area (Å²) in [6.45, 7) is 0. The molecule has 0 saturated carbocycles. The average Bonchev–Trinajstić information content (AvgIpc) is 3.02. The zero-order chi connectivity index (χ0) is 16.8. The fraction of sp³-hybridized carbons (Fsp3) is 0.118. The highest BCUT2D eigenvalue weighted by Crippen LogP contribution is 2.20. The highest BCUT2D eigenvalue weighted by molar-refractivity contribution is 7.13. The van der Waals surface area contributed by atoms with Crippen molar-refractivity contribution in [1.29, 1.82) is 0 Å². The Bertz CT molecular complexity index is 820. The van der Waals surface area contributed by atoms with Crippen molar-refractivity contribution in [2.24, 2.45) is 0 Å². The van der Waals surface area contributed by atoms with E-state index in [4.69, 9.17) is 4.74 Å². The summed E-state index contributed by atoms with van der Waals surface area (Å²) in [5.41, 5.74) is 1.40. The van der Waals surface area contributed by atoms with Crippen LogP contribution in [-0.2, 0) is 11.2 Å². The molecule has 24 heavy (non-hydrogen) atoms. The van der Waals surface area contributed by atoms with E-state index in [0.29, 0.717) is 22.3 Å². The number of rotatable bonds is 6. The third-order valence-electron chi connectivity index (χ3n) is 3.15. The van der Waals surface area contributed by atoms with Gasteiger partial charge in [0, 0.05) is 23.3 Å². The minimum atomic E-state index is -0.127. The van der Waals surface area contributed by atoms with Crippen molar-refractivity contribution in [3.63, 3.8) is 0 Å². The van der Waals surface area contributed by atoms with Crippen molar-refractivity contribution in [2.45, 2.75) is 6.42 Å². The number of aromatic nitrogens is 2. The van der Waals surface area contributed by atoms with Crippen molar-refractivity contribution >= 4 is 33.9 Å². The molecule has 0 fully saturated rings. The highest BCUT2D eigenvalue weighted by atomic mass is 32.1. The topological polar surface area (TPSA) is 76.1 Å². The highest BCUT2D eigenvalue weighted by Gasteiger charge is 2.09. The molecule has 2 heterocycles. The first-order chi connectivity index (χ1) is 11.7. The maximum atomic E-state index is 12.1. The Morgan fingerprint density at radius 1 is 1.25 bits per heavy atom. The molecular formula is C17H16N4O2S. The maximum Gasteiger partial charge on any atom is 0.230 e. The van der Waals surface area contributed by atoms with Crippen molar-refractivity contribution in [2.75, 3.05) is 17.7 Å². The number of carbonyl (C=O) groups is 1. The number of amides is 1. The molecular weight excluding hydrogens is 324 g/mol. The van der Waals surface area contributed by atoms with Gasteiger partial charge in [-0.25, -0.2) is 9.97 Å². The smallest absolute Gasteiger partial charge is 0.230 e. The molecule has 6 nitrogen and oxygen atoms in total. The van der Waals surface area contributed by atoms with Gasteiger partial charge in [0.05, 0.1) is 19.2 Å². The van der Waals surface area contributed by atoms with Gasteiger partial charge >= 0.3 is 0 Å². The van der Waals surface area contributed by atoms with E-state index in [1.165, 1.54) is 11.3 Å². The van der Waals surface area contributed by atoms with Gasteiger partial charge in [-0.1, -0.05) is 12.1 Å². The molecule has 2 aromatic heterocycles. The molecule has 0 aliphatic rings. The number of methoxy groups -OCH3 is 1. The van der Waals surface area contributed by atoms with Crippen molar-refractivity contribution in [1.82, 2.24) is 9.97 Å². The van der Waals surface area contributed by atoms with Gasteiger partial charge in [-0.15, -0.1) is 11.3 Å². The van der Waals surface area contributed by atoms with Gasteiger partial charge < -0.3 is 15.4 Å². The number of ether oxygens (including phenoxy) is 1. The predicted molar refractivity (Wildman–Crippen MR) is 95.0 cm³/mol. The molecule has 1 amide bonds. The summed E-state index contributed by atoms with van der Waals surface area (Å²) in [6.07, 6.45) is 1.91. The molecule has 122 valence electrons. The monoisotopic (exact) mass is 340 g/mol. The number of pyridine rings is 1. The number of benzene rings is 1. The average molecular weight is 340 g/mol. The Labute approximate surface area is 143 Å². The second kappa shape index (κ2) is 7.56. The zero-order valence-corrected chi connectivity index (χ0v) is 13.8. The largest absolute Gasteiger partial charge is 0.497 e. The first-order valence-corrected chi connectivity index (χ1v) is 8.17. The lowest BCUT2D eigenvalue weighted by Gasteiger charge is -2.06. The summed E-state index contributed by atoms with van der Waals surface area (Å²) in [5, 5.41) is 8.51. The minimum Gasteiger partial charge on any atom is -0.497 e. The molecule has 0 aliphatic carbocycles. The van der Waals surface area contributed by atoms with Gasteiger partial charge in [0.1, 0.15) is 11.6 Å².